The Morgan fingerprint density at radius 2 is 1.29 bits per heavy atom. The fourth-order valence-electron chi connectivity index (χ4n) is 8.33. The predicted molar refractivity (Wildman–Crippen MR) is 233 cm³/mol. The molecule has 6 aromatic rings. The number of aliphatic imine (C=N–C) groups is 1. The van der Waals surface area contributed by atoms with Crippen LogP contribution in [0.5, 0.6) is 0 Å². The summed E-state index contributed by atoms with van der Waals surface area (Å²) < 4.78 is 8.88. The van der Waals surface area contributed by atoms with Gasteiger partial charge in [0.25, 0.3) is 0 Å². The Balaban J connectivity index is 1.46. The lowest BCUT2D eigenvalue weighted by Gasteiger charge is -2.42. The number of nitrogens with zero attached hydrogens (tertiary/aromatic N) is 4. The molecule has 0 saturated heterocycles. The van der Waals surface area contributed by atoms with Crippen LogP contribution in [0.1, 0.15) is 122 Å². The second-order valence-electron chi connectivity index (χ2n) is 20.1. The van der Waals surface area contributed by atoms with Gasteiger partial charge in [-0.15, -0.1) is 0 Å². The number of ether oxygens (including phenoxy) is 1. The fourth-order valence-corrected chi connectivity index (χ4v) is 8.33. The molecule has 0 radical (unpaired) electrons. The van der Waals surface area contributed by atoms with Gasteiger partial charge in [0.05, 0.1) is 22.4 Å². The first-order chi connectivity index (χ1) is 25.6. The molecular weight excluding hydrogens is 673 g/mol. The van der Waals surface area contributed by atoms with Crippen LogP contribution in [0.4, 0.5) is 17.1 Å². The van der Waals surface area contributed by atoms with Crippen LogP contribution in [0, 0.1) is 19.3 Å². The Bertz CT molecular complexity index is 2560. The number of hydrogen-bond donors (Lipinski definition) is 0. The van der Waals surface area contributed by atoms with E-state index in [0.29, 0.717) is 6.61 Å². The molecule has 2 aromatic heterocycles. The molecule has 284 valence electrons. The summed E-state index contributed by atoms with van der Waals surface area (Å²) >= 11 is 0. The Labute approximate surface area is 328 Å². The van der Waals surface area contributed by atoms with Crippen molar-refractivity contribution in [1.82, 2.24) is 9.55 Å². The van der Waals surface area contributed by atoms with E-state index in [0.717, 1.165) is 34.0 Å². The van der Waals surface area contributed by atoms with E-state index >= 15 is 0 Å². The lowest BCUT2D eigenvalue weighted by atomic mass is 9.72. The second-order valence-corrected chi connectivity index (χ2v) is 20.1. The molecule has 0 bridgehead atoms. The largest absolute Gasteiger partial charge is 0.475 e. The molecule has 1 atom stereocenters. The van der Waals surface area contributed by atoms with Crippen LogP contribution < -0.4 is 4.90 Å². The number of fused-ring (bicyclic) bond motifs is 5. The van der Waals surface area contributed by atoms with E-state index in [-0.39, 0.29) is 27.2 Å². The number of anilines is 3. The van der Waals surface area contributed by atoms with Crippen LogP contribution in [-0.2, 0) is 21.0 Å². The predicted octanol–water partition coefficient (Wildman–Crippen LogP) is 13.1. The Morgan fingerprint density at radius 3 is 1.96 bits per heavy atom. The SMILES string of the molecule is Cc1ccc2c(c1)C(C)(C)c1cc3c4cc(C)ccc4n(-c4cc(C(C)(C)C)ccn4)c3cc1N2c1cc(C2=N[C@](C)(C(C)(C)C)CO2)cc(C(C)(C)C)c1. The van der Waals surface area contributed by atoms with Gasteiger partial charge in [-0.2, -0.15) is 0 Å². The minimum absolute atomic E-state index is 0.0116. The molecule has 4 aromatic carbocycles. The van der Waals surface area contributed by atoms with Crippen molar-refractivity contribution in [2.24, 2.45) is 10.4 Å². The molecule has 8 rings (SSSR count). The van der Waals surface area contributed by atoms with Crippen molar-refractivity contribution in [2.45, 2.75) is 119 Å². The average Bonchev–Trinajstić information content (AvgIpc) is 3.66. The van der Waals surface area contributed by atoms with E-state index in [9.17, 15) is 0 Å². The molecule has 2 aliphatic heterocycles. The van der Waals surface area contributed by atoms with Gasteiger partial charge in [0.2, 0.25) is 5.90 Å². The molecule has 0 spiro atoms. The van der Waals surface area contributed by atoms with Gasteiger partial charge in [0.15, 0.2) is 0 Å². The first kappa shape index (κ1) is 37.0. The highest BCUT2D eigenvalue weighted by Crippen LogP contribution is 2.54. The third-order valence-electron chi connectivity index (χ3n) is 12.6. The van der Waals surface area contributed by atoms with Gasteiger partial charge in [0.1, 0.15) is 18.0 Å². The number of aromatic nitrogens is 2. The molecule has 0 saturated carbocycles. The van der Waals surface area contributed by atoms with Gasteiger partial charge in [-0.25, -0.2) is 9.98 Å². The van der Waals surface area contributed by atoms with Crippen molar-refractivity contribution in [1.29, 1.82) is 0 Å². The molecule has 4 heterocycles. The number of hydrogen-bond acceptors (Lipinski definition) is 4. The Hall–Kier alpha value is -4.90. The van der Waals surface area contributed by atoms with Crippen molar-refractivity contribution in [3.05, 3.63) is 124 Å². The van der Waals surface area contributed by atoms with Crippen LogP contribution in [0.2, 0.25) is 0 Å². The van der Waals surface area contributed by atoms with Crippen LogP contribution in [0.25, 0.3) is 27.6 Å². The van der Waals surface area contributed by atoms with Crippen molar-refractivity contribution in [3.63, 3.8) is 0 Å². The number of pyridine rings is 1. The first-order valence-electron chi connectivity index (χ1n) is 19.9. The van der Waals surface area contributed by atoms with Crippen molar-refractivity contribution >= 4 is 44.8 Å². The highest BCUT2D eigenvalue weighted by Gasteiger charge is 2.43. The minimum Gasteiger partial charge on any atom is -0.475 e. The van der Waals surface area contributed by atoms with Gasteiger partial charge in [-0.05, 0) is 120 Å². The zero-order valence-corrected chi connectivity index (χ0v) is 35.5. The first-order valence-corrected chi connectivity index (χ1v) is 19.9. The molecule has 0 fully saturated rings. The van der Waals surface area contributed by atoms with Crippen LogP contribution in [0.15, 0.2) is 90.1 Å². The second kappa shape index (κ2) is 12.0. The number of aryl methyl sites for hydroxylation is 2. The summed E-state index contributed by atoms with van der Waals surface area (Å²) in [6.45, 7) is 32.4. The summed E-state index contributed by atoms with van der Waals surface area (Å²) in [4.78, 5) is 12.8. The number of rotatable bonds is 3. The zero-order chi connectivity index (χ0) is 39.6. The van der Waals surface area contributed by atoms with Gasteiger partial charge >= 0.3 is 0 Å². The van der Waals surface area contributed by atoms with Crippen molar-refractivity contribution in [3.8, 4) is 5.82 Å². The molecule has 0 aliphatic carbocycles. The van der Waals surface area contributed by atoms with E-state index < -0.39 is 0 Å². The summed E-state index contributed by atoms with van der Waals surface area (Å²) in [5, 5.41) is 2.48. The lowest BCUT2D eigenvalue weighted by molar-refractivity contribution is 0.154. The molecule has 2 aliphatic rings. The van der Waals surface area contributed by atoms with E-state index in [1.54, 1.807) is 0 Å². The maximum absolute atomic E-state index is 6.50. The van der Waals surface area contributed by atoms with Gasteiger partial charge in [-0.3, -0.25) is 4.57 Å². The Kier molecular flexibility index (Phi) is 8.12. The Morgan fingerprint density at radius 1 is 0.636 bits per heavy atom. The average molecular weight is 731 g/mol. The quantitative estimate of drug-likeness (QED) is 0.182. The monoisotopic (exact) mass is 730 g/mol. The van der Waals surface area contributed by atoms with Crippen molar-refractivity contribution in [2.75, 3.05) is 11.5 Å². The molecule has 5 heteroatoms. The lowest BCUT2D eigenvalue weighted by Crippen LogP contribution is -2.39. The summed E-state index contributed by atoms with van der Waals surface area (Å²) in [6.07, 6.45) is 1.96. The standard InChI is InChI=1S/C50H58N4O/c1-30-15-17-40-36(21-30)37-27-39-43(28-42(37)54(40)44-26-33(19-20-51-44)46(3,4)5)53(41-18-16-31(2)22-38(41)49(39,12)13)35-24-32(23-34(25-35)47(6,7)8)45-52-50(14,29-55-45)48(9,10)11/h15-28H,29H2,1-14H3/t50-/m0/s1. The zero-order valence-electron chi connectivity index (χ0n) is 35.5. The van der Waals surface area contributed by atoms with Crippen LogP contribution in [-0.4, -0.2) is 27.6 Å². The summed E-state index contributed by atoms with van der Waals surface area (Å²) in [6, 6.07) is 30.1. The molecule has 5 nitrogen and oxygen atoms in total. The highest BCUT2D eigenvalue weighted by atomic mass is 16.5. The van der Waals surface area contributed by atoms with Gasteiger partial charge < -0.3 is 9.64 Å². The maximum Gasteiger partial charge on any atom is 0.216 e. The summed E-state index contributed by atoms with van der Waals surface area (Å²) in [7, 11) is 0. The maximum atomic E-state index is 6.50. The molecule has 0 unspecified atom stereocenters. The summed E-state index contributed by atoms with van der Waals surface area (Å²) in [5.74, 6) is 1.66. The topological polar surface area (TPSA) is 42.7 Å². The highest BCUT2D eigenvalue weighted by molar-refractivity contribution is 6.11. The molecule has 55 heavy (non-hydrogen) atoms. The molecule has 0 N–H and O–H groups in total. The van der Waals surface area contributed by atoms with Gasteiger partial charge in [0, 0.05) is 33.6 Å². The van der Waals surface area contributed by atoms with E-state index in [4.69, 9.17) is 14.7 Å². The summed E-state index contributed by atoms with van der Waals surface area (Å²) in [5.41, 5.74) is 13.7. The van der Waals surface area contributed by atoms with Crippen LogP contribution in [0.3, 0.4) is 0 Å². The fraction of sp³-hybridized carbons (Fsp3) is 0.400. The minimum atomic E-state index is -0.318. The van der Waals surface area contributed by atoms with E-state index in [2.05, 4.69) is 185 Å². The number of benzene rings is 4. The normalized spacial score (nSPS) is 18.4. The third kappa shape index (κ3) is 5.97. The van der Waals surface area contributed by atoms with E-state index in [1.165, 1.54) is 55.5 Å². The van der Waals surface area contributed by atoms with Crippen LogP contribution >= 0.6 is 0 Å². The molecular formula is C50H58N4O. The smallest absolute Gasteiger partial charge is 0.216 e. The third-order valence-corrected chi connectivity index (χ3v) is 12.6. The van der Waals surface area contributed by atoms with Gasteiger partial charge in [-0.1, -0.05) is 105 Å². The van der Waals surface area contributed by atoms with Crippen molar-refractivity contribution < 1.29 is 4.74 Å². The molecule has 0 amide bonds. The van der Waals surface area contributed by atoms with E-state index in [1.807, 2.05) is 6.20 Å².